The van der Waals surface area contributed by atoms with Crippen molar-refractivity contribution in [3.8, 4) is 0 Å². The lowest BCUT2D eigenvalue weighted by atomic mass is 10.6. The van der Waals surface area contributed by atoms with E-state index in [1.807, 2.05) is 0 Å². The molecule has 1 radical (unpaired) electrons. The van der Waals surface area contributed by atoms with Crippen molar-refractivity contribution in [1.82, 2.24) is 0 Å². The number of hydrogen-bond donors (Lipinski definition) is 0. The Morgan fingerprint density at radius 3 is 2.25 bits per heavy atom. The minimum Gasteiger partial charge on any atom is -0.195 e. The van der Waals surface area contributed by atoms with E-state index in [0.717, 1.165) is 6.92 Å². The summed E-state index contributed by atoms with van der Waals surface area (Å²) < 4.78 is 23.7. The summed E-state index contributed by atoms with van der Waals surface area (Å²) in [5, 5.41) is -2.57. The first-order chi connectivity index (χ1) is 3.56. The van der Waals surface area contributed by atoms with Gasteiger partial charge in [0.05, 0.1) is 0 Å². The zero-order valence-corrected chi connectivity index (χ0v) is 5.60. The molecule has 0 aliphatic rings. The predicted octanol–water partition coefficient (Wildman–Crippen LogP) is 2.56. The molecular formula is C5H9F2S. The smallest absolute Gasteiger partial charge is 0.195 e. The van der Waals surface area contributed by atoms with Crippen LogP contribution in [0.3, 0.4) is 0 Å². The van der Waals surface area contributed by atoms with Gasteiger partial charge >= 0.3 is 0 Å². The van der Waals surface area contributed by atoms with Crippen LogP contribution >= 0.6 is 11.8 Å². The maximum absolute atomic E-state index is 11.8. The summed E-state index contributed by atoms with van der Waals surface area (Å²) in [6.07, 6.45) is 0.564. The van der Waals surface area contributed by atoms with Crippen molar-refractivity contribution in [3.63, 3.8) is 0 Å². The second-order valence-electron chi connectivity index (χ2n) is 1.51. The lowest BCUT2D eigenvalue weighted by Crippen LogP contribution is -2.02. The van der Waals surface area contributed by atoms with Gasteiger partial charge in [0, 0.05) is 6.92 Å². The van der Waals surface area contributed by atoms with Crippen LogP contribution in [0.2, 0.25) is 0 Å². The molecule has 0 fully saturated rings. The first kappa shape index (κ1) is 8.21. The molecule has 0 saturated heterocycles. The van der Waals surface area contributed by atoms with Crippen LogP contribution in [0, 0.1) is 6.92 Å². The van der Waals surface area contributed by atoms with Gasteiger partial charge in [0.15, 0.2) is 0 Å². The van der Waals surface area contributed by atoms with Crippen molar-refractivity contribution in [1.29, 1.82) is 0 Å². The van der Waals surface area contributed by atoms with Crippen molar-refractivity contribution in [2.24, 2.45) is 0 Å². The van der Waals surface area contributed by atoms with Crippen molar-refractivity contribution in [2.75, 3.05) is 5.75 Å². The molecular weight excluding hydrogens is 130 g/mol. The van der Waals surface area contributed by atoms with Crippen LogP contribution in [0.1, 0.15) is 13.3 Å². The van der Waals surface area contributed by atoms with Crippen LogP contribution in [0.15, 0.2) is 0 Å². The van der Waals surface area contributed by atoms with E-state index in [2.05, 4.69) is 6.92 Å². The minimum absolute atomic E-state index is 0.434. The average Bonchev–Trinajstić information content (AvgIpc) is 1.59. The van der Waals surface area contributed by atoms with E-state index in [4.69, 9.17) is 0 Å². The Morgan fingerprint density at radius 2 is 2.12 bits per heavy atom. The Balaban J connectivity index is 3.11. The number of halogens is 2. The van der Waals surface area contributed by atoms with Crippen molar-refractivity contribution < 1.29 is 8.78 Å². The fraction of sp³-hybridized carbons (Fsp3) is 0.800. The van der Waals surface area contributed by atoms with Crippen molar-refractivity contribution >= 4 is 11.8 Å². The summed E-state index contributed by atoms with van der Waals surface area (Å²) in [7, 11) is 0. The number of rotatable bonds is 3. The molecule has 0 aromatic rings. The molecule has 0 aromatic carbocycles. The van der Waals surface area contributed by atoms with Gasteiger partial charge in [-0.2, -0.15) is 8.78 Å². The molecule has 0 spiro atoms. The largest absolute Gasteiger partial charge is 0.291 e. The summed E-state index contributed by atoms with van der Waals surface area (Å²) in [4.78, 5) is 0. The van der Waals surface area contributed by atoms with E-state index in [1.165, 1.54) is 0 Å². The number of hydrogen-bond acceptors (Lipinski definition) is 1. The van der Waals surface area contributed by atoms with Gasteiger partial charge in [-0.3, -0.25) is 0 Å². The maximum Gasteiger partial charge on any atom is 0.291 e. The first-order valence-electron chi connectivity index (χ1n) is 2.37. The Morgan fingerprint density at radius 1 is 1.62 bits per heavy atom. The van der Waals surface area contributed by atoms with E-state index in [0.29, 0.717) is 23.9 Å². The molecule has 0 unspecified atom stereocenters. The highest BCUT2D eigenvalue weighted by molar-refractivity contribution is 8.00. The van der Waals surface area contributed by atoms with Crippen molar-refractivity contribution in [2.45, 2.75) is 18.6 Å². The van der Waals surface area contributed by atoms with Crippen LogP contribution in [-0.4, -0.2) is 11.0 Å². The molecule has 0 heterocycles. The SMILES string of the molecule is [CH2]CCSC(C)(F)F. The third-order valence-electron chi connectivity index (χ3n) is 0.500. The van der Waals surface area contributed by atoms with Gasteiger partial charge in [0.1, 0.15) is 0 Å². The van der Waals surface area contributed by atoms with Gasteiger partial charge in [-0.25, -0.2) is 0 Å². The van der Waals surface area contributed by atoms with Gasteiger partial charge in [-0.1, -0.05) is 18.7 Å². The van der Waals surface area contributed by atoms with Crippen LogP contribution in [-0.2, 0) is 0 Å². The van der Waals surface area contributed by atoms with Crippen LogP contribution < -0.4 is 0 Å². The van der Waals surface area contributed by atoms with E-state index >= 15 is 0 Å². The van der Waals surface area contributed by atoms with Crippen LogP contribution in [0.25, 0.3) is 0 Å². The molecule has 0 aliphatic carbocycles. The zero-order chi connectivity index (χ0) is 6.62. The molecule has 49 valence electrons. The lowest BCUT2D eigenvalue weighted by Gasteiger charge is -2.06. The minimum atomic E-state index is -2.57. The number of alkyl halides is 2. The van der Waals surface area contributed by atoms with E-state index in [9.17, 15) is 8.78 Å². The standard InChI is InChI=1S/C5H9F2S/c1-3-4-8-5(2,6)7/h1,3-4H2,2H3. The molecule has 0 bridgehead atoms. The van der Waals surface area contributed by atoms with Crippen LogP contribution in [0.5, 0.6) is 0 Å². The van der Waals surface area contributed by atoms with Gasteiger partial charge in [0.25, 0.3) is 5.25 Å². The highest BCUT2D eigenvalue weighted by Crippen LogP contribution is 2.27. The number of thioether (sulfide) groups is 1. The molecule has 0 atom stereocenters. The fourth-order valence-electron chi connectivity index (χ4n) is 0.251. The molecule has 8 heavy (non-hydrogen) atoms. The second-order valence-corrected chi connectivity index (χ2v) is 2.92. The highest BCUT2D eigenvalue weighted by atomic mass is 32.2. The highest BCUT2D eigenvalue weighted by Gasteiger charge is 2.19. The van der Waals surface area contributed by atoms with Gasteiger partial charge in [0.2, 0.25) is 0 Å². The first-order valence-corrected chi connectivity index (χ1v) is 3.36. The van der Waals surface area contributed by atoms with Gasteiger partial charge in [-0.05, 0) is 12.2 Å². The zero-order valence-electron chi connectivity index (χ0n) is 4.79. The fourth-order valence-corrected chi connectivity index (χ4v) is 0.754. The third kappa shape index (κ3) is 6.21. The van der Waals surface area contributed by atoms with Crippen molar-refractivity contribution in [3.05, 3.63) is 6.92 Å². The van der Waals surface area contributed by atoms with Gasteiger partial charge in [-0.15, -0.1) is 0 Å². The molecule has 0 rings (SSSR count). The van der Waals surface area contributed by atoms with E-state index in [1.54, 1.807) is 0 Å². The summed E-state index contributed by atoms with van der Waals surface area (Å²) >= 11 is 0.638. The summed E-state index contributed by atoms with van der Waals surface area (Å²) in [6.45, 7) is 4.33. The Bertz CT molecular complexity index is 57.9. The van der Waals surface area contributed by atoms with E-state index in [-0.39, 0.29) is 0 Å². The summed E-state index contributed by atoms with van der Waals surface area (Å²) in [5.41, 5.74) is 0. The molecule has 0 saturated carbocycles. The molecule has 0 aromatic heterocycles. The quantitative estimate of drug-likeness (QED) is 0.579. The lowest BCUT2D eigenvalue weighted by molar-refractivity contribution is 0.129. The molecule has 0 amide bonds. The predicted molar refractivity (Wildman–Crippen MR) is 33.1 cm³/mol. The summed E-state index contributed by atoms with van der Waals surface area (Å²) in [6, 6.07) is 0. The van der Waals surface area contributed by atoms with Gasteiger partial charge < -0.3 is 0 Å². The monoisotopic (exact) mass is 139 g/mol. The molecule has 0 nitrogen and oxygen atoms in total. The average molecular weight is 139 g/mol. The normalized spacial score (nSPS) is 12.0. The molecule has 3 heteroatoms. The van der Waals surface area contributed by atoms with E-state index < -0.39 is 5.25 Å². The van der Waals surface area contributed by atoms with Crippen LogP contribution in [0.4, 0.5) is 8.78 Å². The summed E-state index contributed by atoms with van der Waals surface area (Å²) in [5.74, 6) is 0.434. The Labute approximate surface area is 52.7 Å². The topological polar surface area (TPSA) is 0 Å². The molecule has 0 aliphatic heterocycles. The maximum atomic E-state index is 11.8. The Hall–Kier alpha value is 0.210. The molecule has 0 N–H and O–H groups in total. The third-order valence-corrected chi connectivity index (χ3v) is 1.50. The second kappa shape index (κ2) is 3.28. The Kier molecular flexibility index (Phi) is 3.36.